The lowest BCUT2D eigenvalue weighted by atomic mass is 10.1. The third-order valence-corrected chi connectivity index (χ3v) is 2.98. The zero-order valence-electron chi connectivity index (χ0n) is 11.4. The normalized spacial score (nSPS) is 11.0. The Kier molecular flexibility index (Phi) is 4.52. The molecule has 106 valence electrons. The first-order valence-electron chi connectivity index (χ1n) is 6.24. The molecule has 0 saturated carbocycles. The number of hydrogen-bond acceptors (Lipinski definition) is 4. The molecule has 0 aromatic heterocycles. The summed E-state index contributed by atoms with van der Waals surface area (Å²) in [5, 5.41) is 20.6. The van der Waals surface area contributed by atoms with Crippen molar-refractivity contribution < 1.29 is 14.3 Å². The van der Waals surface area contributed by atoms with Gasteiger partial charge in [0, 0.05) is 0 Å². The Bertz CT molecular complexity index is 703. The van der Waals surface area contributed by atoms with E-state index in [1.807, 2.05) is 0 Å². The molecule has 21 heavy (non-hydrogen) atoms. The smallest absolute Gasteiger partial charge is 0.140 e. The zero-order valence-corrected chi connectivity index (χ0v) is 11.4. The first-order valence-corrected chi connectivity index (χ1v) is 6.24. The summed E-state index contributed by atoms with van der Waals surface area (Å²) in [5.74, 6) is 0.0942. The van der Waals surface area contributed by atoms with Crippen LogP contribution < -0.4 is 4.74 Å². The maximum Gasteiger partial charge on any atom is 0.140 e. The maximum atomic E-state index is 13.2. The Labute approximate surface area is 121 Å². The minimum Gasteiger partial charge on any atom is -0.489 e. The van der Waals surface area contributed by atoms with E-state index in [9.17, 15) is 4.39 Å². The third kappa shape index (κ3) is 3.57. The van der Waals surface area contributed by atoms with Crippen LogP contribution in [0.25, 0.3) is 0 Å². The van der Waals surface area contributed by atoms with Crippen LogP contribution in [0.2, 0.25) is 0 Å². The summed E-state index contributed by atoms with van der Waals surface area (Å²) in [6.45, 7) is 1.93. The van der Waals surface area contributed by atoms with Crippen molar-refractivity contribution in [3.63, 3.8) is 0 Å². The Morgan fingerprint density at radius 2 is 2.00 bits per heavy atom. The molecule has 0 unspecified atom stereocenters. The molecule has 0 radical (unpaired) electrons. The Morgan fingerprint density at radius 1 is 1.29 bits per heavy atom. The van der Waals surface area contributed by atoms with Gasteiger partial charge in [-0.05, 0) is 54.4 Å². The van der Waals surface area contributed by atoms with Gasteiger partial charge in [0.05, 0.1) is 11.3 Å². The summed E-state index contributed by atoms with van der Waals surface area (Å²) >= 11 is 0. The average Bonchev–Trinajstić information content (AvgIpc) is 2.53. The van der Waals surface area contributed by atoms with Crippen molar-refractivity contribution >= 4 is 5.71 Å². The molecule has 0 bridgehead atoms. The number of nitrogens with zero attached hydrogens (tertiary/aromatic N) is 2. The van der Waals surface area contributed by atoms with Gasteiger partial charge in [0.15, 0.2) is 0 Å². The van der Waals surface area contributed by atoms with Crippen LogP contribution in [-0.4, -0.2) is 10.9 Å². The van der Waals surface area contributed by atoms with E-state index in [1.165, 1.54) is 12.1 Å². The number of halogens is 1. The molecule has 0 fully saturated rings. The predicted octanol–water partition coefficient (Wildman–Crippen LogP) is 3.47. The van der Waals surface area contributed by atoms with Gasteiger partial charge < -0.3 is 9.94 Å². The molecule has 0 heterocycles. The van der Waals surface area contributed by atoms with E-state index in [0.29, 0.717) is 17.0 Å². The van der Waals surface area contributed by atoms with E-state index in [2.05, 4.69) is 5.16 Å². The van der Waals surface area contributed by atoms with Crippen molar-refractivity contribution in [2.75, 3.05) is 0 Å². The molecular weight excluding hydrogens is 271 g/mol. The highest BCUT2D eigenvalue weighted by molar-refractivity contribution is 5.98. The molecule has 0 aliphatic rings. The molecular formula is C16H13FN2O2. The highest BCUT2D eigenvalue weighted by Gasteiger charge is 2.04. The van der Waals surface area contributed by atoms with Crippen LogP contribution in [0.15, 0.2) is 47.6 Å². The Morgan fingerprint density at radius 3 is 2.62 bits per heavy atom. The molecule has 0 atom stereocenters. The van der Waals surface area contributed by atoms with Crippen LogP contribution in [0.1, 0.15) is 23.6 Å². The fourth-order valence-electron chi connectivity index (χ4n) is 1.76. The summed E-state index contributed by atoms with van der Waals surface area (Å²) in [7, 11) is 0. The molecule has 0 aliphatic carbocycles. The van der Waals surface area contributed by atoms with Gasteiger partial charge in [0.1, 0.15) is 24.2 Å². The minimum atomic E-state index is -0.538. The standard InChI is InChI=1S/C16H13FN2O2/c1-11(19-20)13-3-5-15(6-4-13)21-10-12-2-7-16(17)14(8-12)9-18/h2-8,20H,10H2,1H3/b19-11-. The van der Waals surface area contributed by atoms with Gasteiger partial charge in [-0.15, -0.1) is 0 Å². The fraction of sp³-hybridized carbons (Fsp3) is 0.125. The monoisotopic (exact) mass is 284 g/mol. The van der Waals surface area contributed by atoms with Gasteiger partial charge in [0.25, 0.3) is 0 Å². The Hall–Kier alpha value is -2.87. The molecule has 2 aromatic carbocycles. The topological polar surface area (TPSA) is 65.6 Å². The molecule has 2 rings (SSSR count). The van der Waals surface area contributed by atoms with Gasteiger partial charge >= 0.3 is 0 Å². The van der Waals surface area contributed by atoms with E-state index < -0.39 is 5.82 Å². The van der Waals surface area contributed by atoms with Crippen molar-refractivity contribution in [3.8, 4) is 11.8 Å². The van der Waals surface area contributed by atoms with Crippen LogP contribution >= 0.6 is 0 Å². The molecule has 1 N–H and O–H groups in total. The second-order valence-electron chi connectivity index (χ2n) is 4.42. The summed E-state index contributed by atoms with van der Waals surface area (Å²) in [6, 6.07) is 13.1. The lowest BCUT2D eigenvalue weighted by Crippen LogP contribution is -1.98. The second kappa shape index (κ2) is 6.53. The lowest BCUT2D eigenvalue weighted by molar-refractivity contribution is 0.306. The molecule has 0 amide bonds. The van der Waals surface area contributed by atoms with E-state index in [4.69, 9.17) is 15.2 Å². The van der Waals surface area contributed by atoms with Crippen LogP contribution in [0.3, 0.4) is 0 Å². The quantitative estimate of drug-likeness (QED) is 0.531. The molecule has 0 aliphatic heterocycles. The first kappa shape index (κ1) is 14.5. The summed E-state index contributed by atoms with van der Waals surface area (Å²) < 4.78 is 18.8. The van der Waals surface area contributed by atoms with Gasteiger partial charge in [-0.3, -0.25) is 0 Å². The van der Waals surface area contributed by atoms with Crippen LogP contribution in [0.4, 0.5) is 4.39 Å². The molecule has 2 aromatic rings. The maximum absolute atomic E-state index is 13.2. The number of oxime groups is 1. The first-order chi connectivity index (χ1) is 10.1. The van der Waals surface area contributed by atoms with Crippen LogP contribution in [-0.2, 0) is 6.61 Å². The van der Waals surface area contributed by atoms with Crippen LogP contribution in [0, 0.1) is 17.1 Å². The molecule has 0 spiro atoms. The van der Waals surface area contributed by atoms with Gasteiger partial charge in [-0.1, -0.05) is 11.2 Å². The number of benzene rings is 2. The van der Waals surface area contributed by atoms with E-state index >= 15 is 0 Å². The number of rotatable bonds is 4. The average molecular weight is 284 g/mol. The summed E-state index contributed by atoms with van der Waals surface area (Å²) in [5.41, 5.74) is 2.02. The molecule has 4 nitrogen and oxygen atoms in total. The summed E-state index contributed by atoms with van der Waals surface area (Å²) in [6.07, 6.45) is 0. The van der Waals surface area contributed by atoms with Crippen molar-refractivity contribution in [3.05, 3.63) is 65.0 Å². The second-order valence-corrected chi connectivity index (χ2v) is 4.42. The van der Waals surface area contributed by atoms with E-state index in [1.54, 1.807) is 43.3 Å². The van der Waals surface area contributed by atoms with Crippen LogP contribution in [0.5, 0.6) is 5.75 Å². The van der Waals surface area contributed by atoms with Crippen molar-refractivity contribution in [2.45, 2.75) is 13.5 Å². The predicted molar refractivity (Wildman–Crippen MR) is 75.9 cm³/mol. The number of hydrogen-bond donors (Lipinski definition) is 1. The van der Waals surface area contributed by atoms with Gasteiger partial charge in [-0.25, -0.2) is 4.39 Å². The van der Waals surface area contributed by atoms with Crippen molar-refractivity contribution in [1.29, 1.82) is 5.26 Å². The van der Waals surface area contributed by atoms with Crippen molar-refractivity contribution in [2.24, 2.45) is 5.16 Å². The third-order valence-electron chi connectivity index (χ3n) is 2.98. The zero-order chi connectivity index (χ0) is 15.2. The highest BCUT2D eigenvalue weighted by atomic mass is 19.1. The highest BCUT2D eigenvalue weighted by Crippen LogP contribution is 2.16. The Balaban J connectivity index is 2.05. The minimum absolute atomic E-state index is 0.00114. The molecule has 5 heteroatoms. The fourth-order valence-corrected chi connectivity index (χ4v) is 1.76. The SMILES string of the molecule is C/C(=N/O)c1ccc(OCc2ccc(F)c(C#N)c2)cc1. The number of nitriles is 1. The van der Waals surface area contributed by atoms with Gasteiger partial charge in [-0.2, -0.15) is 5.26 Å². The van der Waals surface area contributed by atoms with E-state index in [-0.39, 0.29) is 12.2 Å². The van der Waals surface area contributed by atoms with Crippen molar-refractivity contribution in [1.82, 2.24) is 0 Å². The summed E-state index contributed by atoms with van der Waals surface area (Å²) in [4.78, 5) is 0. The lowest BCUT2D eigenvalue weighted by Gasteiger charge is -2.07. The number of ether oxygens (including phenoxy) is 1. The van der Waals surface area contributed by atoms with E-state index in [0.717, 1.165) is 5.56 Å². The van der Waals surface area contributed by atoms with Gasteiger partial charge in [0.2, 0.25) is 0 Å². The molecule has 0 saturated heterocycles. The largest absolute Gasteiger partial charge is 0.489 e.